The highest BCUT2D eigenvalue weighted by atomic mass is 19.1. The highest BCUT2D eigenvalue weighted by molar-refractivity contribution is 5.81. The minimum absolute atomic E-state index is 0.403. The molecule has 0 spiro atoms. The SMILES string of the molecule is O=C[C@]1(NC(=O)O)C=CCc2cc(-c3ccncc3F)ccc21. The van der Waals surface area contributed by atoms with E-state index in [1.54, 1.807) is 30.3 Å². The van der Waals surface area contributed by atoms with Gasteiger partial charge in [-0.1, -0.05) is 30.4 Å². The predicted octanol–water partition coefficient (Wildman–Crippen LogP) is 2.66. The van der Waals surface area contributed by atoms with E-state index >= 15 is 0 Å². The molecule has 3 rings (SSSR count). The number of aldehydes is 1. The quantitative estimate of drug-likeness (QED) is 0.674. The molecule has 0 bridgehead atoms. The molecular formula is C17H13FN2O3. The molecule has 1 aliphatic rings. The number of pyridine rings is 1. The van der Waals surface area contributed by atoms with Crippen molar-refractivity contribution in [3.63, 3.8) is 0 Å². The molecule has 0 fully saturated rings. The van der Waals surface area contributed by atoms with Gasteiger partial charge in [0.1, 0.15) is 11.4 Å². The molecule has 1 aliphatic carbocycles. The second-order valence-electron chi connectivity index (χ2n) is 5.25. The lowest BCUT2D eigenvalue weighted by Gasteiger charge is -2.30. The third-order valence-electron chi connectivity index (χ3n) is 3.85. The maximum absolute atomic E-state index is 13.9. The number of amides is 1. The van der Waals surface area contributed by atoms with Gasteiger partial charge >= 0.3 is 6.09 Å². The van der Waals surface area contributed by atoms with Gasteiger partial charge < -0.3 is 10.4 Å². The maximum Gasteiger partial charge on any atom is 0.405 e. The van der Waals surface area contributed by atoms with E-state index in [1.807, 2.05) is 0 Å². The van der Waals surface area contributed by atoms with Crippen molar-refractivity contribution < 1.29 is 19.1 Å². The first-order valence-corrected chi connectivity index (χ1v) is 6.94. The summed E-state index contributed by atoms with van der Waals surface area (Å²) in [6.07, 6.45) is 5.69. The second kappa shape index (κ2) is 5.64. The summed E-state index contributed by atoms with van der Waals surface area (Å²) in [6, 6.07) is 6.65. The van der Waals surface area contributed by atoms with E-state index in [0.29, 0.717) is 29.4 Å². The number of nitrogens with one attached hydrogen (secondary N) is 1. The molecular weight excluding hydrogens is 299 g/mol. The second-order valence-corrected chi connectivity index (χ2v) is 5.25. The van der Waals surface area contributed by atoms with Gasteiger partial charge in [-0.15, -0.1) is 0 Å². The third-order valence-corrected chi connectivity index (χ3v) is 3.85. The van der Waals surface area contributed by atoms with Gasteiger partial charge in [0.2, 0.25) is 0 Å². The molecule has 5 nitrogen and oxygen atoms in total. The Morgan fingerprint density at radius 2 is 2.22 bits per heavy atom. The minimum atomic E-state index is -1.41. The van der Waals surface area contributed by atoms with Gasteiger partial charge in [-0.3, -0.25) is 9.78 Å². The fourth-order valence-electron chi connectivity index (χ4n) is 2.82. The van der Waals surface area contributed by atoms with Crippen LogP contribution in [0.15, 0.2) is 48.8 Å². The normalized spacial score (nSPS) is 19.0. The molecule has 0 saturated carbocycles. The van der Waals surface area contributed by atoms with Gasteiger partial charge in [0.05, 0.1) is 6.20 Å². The minimum Gasteiger partial charge on any atom is -0.465 e. The van der Waals surface area contributed by atoms with Crippen LogP contribution in [0.2, 0.25) is 0 Å². The Bertz CT molecular complexity index is 819. The first kappa shape index (κ1) is 14.9. The lowest BCUT2D eigenvalue weighted by Crippen LogP contribution is -2.46. The summed E-state index contributed by atoms with van der Waals surface area (Å²) < 4.78 is 13.9. The number of hydrogen-bond acceptors (Lipinski definition) is 3. The zero-order valence-corrected chi connectivity index (χ0v) is 12.0. The number of hydrogen-bond donors (Lipinski definition) is 2. The average Bonchev–Trinajstić information content (AvgIpc) is 2.54. The number of carbonyl (C=O) groups excluding carboxylic acids is 1. The van der Waals surface area contributed by atoms with E-state index in [2.05, 4.69) is 10.3 Å². The van der Waals surface area contributed by atoms with Gasteiger partial charge in [0, 0.05) is 11.8 Å². The molecule has 1 atom stereocenters. The van der Waals surface area contributed by atoms with Crippen molar-refractivity contribution in [3.8, 4) is 11.1 Å². The van der Waals surface area contributed by atoms with Gasteiger partial charge in [-0.05, 0) is 29.2 Å². The number of benzene rings is 1. The summed E-state index contributed by atoms with van der Waals surface area (Å²) in [6.45, 7) is 0. The highest BCUT2D eigenvalue weighted by Gasteiger charge is 2.35. The van der Waals surface area contributed by atoms with E-state index in [-0.39, 0.29) is 0 Å². The van der Waals surface area contributed by atoms with Crippen LogP contribution in [0.3, 0.4) is 0 Å². The largest absolute Gasteiger partial charge is 0.465 e. The van der Waals surface area contributed by atoms with E-state index in [1.165, 1.54) is 12.3 Å². The van der Waals surface area contributed by atoms with Crippen LogP contribution in [0.4, 0.5) is 9.18 Å². The smallest absolute Gasteiger partial charge is 0.405 e. The van der Waals surface area contributed by atoms with Crippen molar-refractivity contribution in [1.29, 1.82) is 0 Å². The number of allylic oxidation sites excluding steroid dienone is 1. The molecule has 1 aromatic heterocycles. The molecule has 0 aliphatic heterocycles. The van der Waals surface area contributed by atoms with E-state index in [0.717, 1.165) is 11.8 Å². The molecule has 23 heavy (non-hydrogen) atoms. The van der Waals surface area contributed by atoms with Crippen LogP contribution in [-0.2, 0) is 16.8 Å². The van der Waals surface area contributed by atoms with E-state index in [4.69, 9.17) is 5.11 Å². The molecule has 116 valence electrons. The molecule has 6 heteroatoms. The number of carbonyl (C=O) groups is 2. The summed E-state index contributed by atoms with van der Waals surface area (Å²) in [4.78, 5) is 26.3. The summed E-state index contributed by atoms with van der Waals surface area (Å²) in [7, 11) is 0. The van der Waals surface area contributed by atoms with Crippen LogP contribution in [0, 0.1) is 5.82 Å². The molecule has 0 saturated heterocycles. The first-order valence-electron chi connectivity index (χ1n) is 6.94. The molecule has 2 N–H and O–H groups in total. The lowest BCUT2D eigenvalue weighted by atomic mass is 9.81. The van der Waals surface area contributed by atoms with Crippen LogP contribution in [-0.4, -0.2) is 22.5 Å². The Morgan fingerprint density at radius 1 is 1.39 bits per heavy atom. The van der Waals surface area contributed by atoms with E-state index < -0.39 is 17.4 Å². The standard InChI is InChI=1S/C17H13FN2O3/c18-15-9-19-7-5-13(15)11-3-4-14-12(8-11)2-1-6-17(14,10-21)20-16(22)23/h1,3-10,20H,2H2,(H,22,23)/t17-/m1/s1. The molecule has 2 aromatic rings. The van der Waals surface area contributed by atoms with Crippen molar-refractivity contribution in [3.05, 3.63) is 65.8 Å². The number of rotatable bonds is 3. The number of halogens is 1. The molecule has 0 unspecified atom stereocenters. The molecule has 1 amide bonds. The maximum atomic E-state index is 13.9. The number of fused-ring (bicyclic) bond motifs is 1. The Labute approximate surface area is 131 Å². The topological polar surface area (TPSA) is 79.3 Å². The van der Waals surface area contributed by atoms with Gasteiger partial charge in [-0.2, -0.15) is 0 Å². The van der Waals surface area contributed by atoms with Crippen molar-refractivity contribution >= 4 is 12.4 Å². The fraction of sp³-hybridized carbons (Fsp3) is 0.118. The predicted molar refractivity (Wildman–Crippen MR) is 81.4 cm³/mol. The lowest BCUT2D eigenvalue weighted by molar-refractivity contribution is -0.112. The molecule has 1 heterocycles. The summed E-state index contributed by atoms with van der Waals surface area (Å²) in [5.41, 5.74) is 0.960. The van der Waals surface area contributed by atoms with Crippen molar-refractivity contribution in [2.45, 2.75) is 12.0 Å². The summed E-state index contributed by atoms with van der Waals surface area (Å²) in [5, 5.41) is 11.2. The van der Waals surface area contributed by atoms with Crippen LogP contribution in [0.5, 0.6) is 0 Å². The number of nitrogens with zero attached hydrogens (tertiary/aromatic N) is 1. The molecule has 0 radical (unpaired) electrons. The Hall–Kier alpha value is -3.02. The van der Waals surface area contributed by atoms with Gasteiger partial charge in [0.25, 0.3) is 0 Å². The van der Waals surface area contributed by atoms with Crippen LogP contribution in [0.1, 0.15) is 11.1 Å². The third kappa shape index (κ3) is 2.59. The number of carboxylic acid groups (broad SMARTS) is 1. The fourth-order valence-corrected chi connectivity index (χ4v) is 2.82. The van der Waals surface area contributed by atoms with Crippen molar-refractivity contribution in [2.24, 2.45) is 0 Å². The van der Waals surface area contributed by atoms with Gasteiger partial charge in [-0.25, -0.2) is 9.18 Å². The summed E-state index contributed by atoms with van der Waals surface area (Å²) >= 11 is 0. The average molecular weight is 312 g/mol. The highest BCUT2D eigenvalue weighted by Crippen LogP contribution is 2.33. The molecule has 1 aromatic carbocycles. The zero-order chi connectivity index (χ0) is 16.4. The number of aromatic nitrogens is 1. The van der Waals surface area contributed by atoms with Crippen LogP contribution < -0.4 is 5.32 Å². The first-order chi connectivity index (χ1) is 11.1. The zero-order valence-electron chi connectivity index (χ0n) is 12.0. The van der Waals surface area contributed by atoms with Crippen molar-refractivity contribution in [1.82, 2.24) is 10.3 Å². The van der Waals surface area contributed by atoms with Gasteiger partial charge in [0.15, 0.2) is 6.29 Å². The monoisotopic (exact) mass is 312 g/mol. The van der Waals surface area contributed by atoms with Crippen LogP contribution in [0.25, 0.3) is 11.1 Å². The van der Waals surface area contributed by atoms with Crippen molar-refractivity contribution in [2.75, 3.05) is 0 Å². The Kier molecular flexibility index (Phi) is 3.65. The Balaban J connectivity index is 2.10. The Morgan fingerprint density at radius 3 is 2.91 bits per heavy atom. The van der Waals surface area contributed by atoms with E-state index in [9.17, 15) is 14.0 Å². The summed E-state index contributed by atoms with van der Waals surface area (Å²) in [5.74, 6) is -0.441. The van der Waals surface area contributed by atoms with Crippen LogP contribution >= 0.6 is 0 Å².